The second-order valence-corrected chi connectivity index (χ2v) is 5.79. The van der Waals surface area contributed by atoms with Crippen LogP contribution in [-0.2, 0) is 24.3 Å². The maximum atomic E-state index is 12.2. The van der Waals surface area contributed by atoms with Crippen LogP contribution in [0.5, 0.6) is 0 Å². The van der Waals surface area contributed by atoms with Gasteiger partial charge in [0, 0.05) is 0 Å². The summed E-state index contributed by atoms with van der Waals surface area (Å²) in [5.41, 5.74) is 0.945. The predicted octanol–water partition coefficient (Wildman–Crippen LogP) is 1.71. The number of carbonyl (C=O) groups excluding carboxylic acids is 1. The van der Waals surface area contributed by atoms with Crippen LogP contribution >= 0.6 is 0 Å². The van der Waals surface area contributed by atoms with Crippen molar-refractivity contribution in [3.8, 4) is 0 Å². The Balaban J connectivity index is 2.96. The summed E-state index contributed by atoms with van der Waals surface area (Å²) in [5.74, 6) is -0.843. The normalized spacial score (nSPS) is 11.9. The molecule has 0 atom stereocenters. The summed E-state index contributed by atoms with van der Waals surface area (Å²) in [4.78, 5) is 11.5. The van der Waals surface area contributed by atoms with E-state index in [0.717, 1.165) is 11.6 Å². The van der Waals surface area contributed by atoms with E-state index in [4.69, 9.17) is 9.47 Å². The summed E-state index contributed by atoms with van der Waals surface area (Å²) in [6.07, 6.45) is 0.971. The van der Waals surface area contributed by atoms with Gasteiger partial charge in [-0.25, -0.2) is 17.9 Å². The quantitative estimate of drug-likeness (QED) is 0.471. The van der Waals surface area contributed by atoms with Gasteiger partial charge >= 0.3 is 5.97 Å². The Hall–Kier alpha value is -2.02. The molecule has 0 bridgehead atoms. The SMILES string of the molecule is CCOC(=O)C=C(NS(=O)(=O)c1ccc(C)cc1)OCC. The van der Waals surface area contributed by atoms with Crippen molar-refractivity contribution in [2.45, 2.75) is 25.7 Å². The Labute approximate surface area is 124 Å². The molecule has 0 aliphatic heterocycles. The van der Waals surface area contributed by atoms with Crippen LogP contribution in [0.2, 0.25) is 0 Å². The van der Waals surface area contributed by atoms with Gasteiger partial charge in [-0.15, -0.1) is 0 Å². The van der Waals surface area contributed by atoms with Crippen LogP contribution in [0.15, 0.2) is 41.1 Å². The van der Waals surface area contributed by atoms with Crippen molar-refractivity contribution >= 4 is 16.0 Å². The molecule has 0 saturated heterocycles. The third-order valence-electron chi connectivity index (χ3n) is 2.40. The number of carbonyl (C=O) groups is 1. The lowest BCUT2D eigenvalue weighted by Crippen LogP contribution is -2.25. The fourth-order valence-corrected chi connectivity index (χ4v) is 2.45. The highest BCUT2D eigenvalue weighted by Gasteiger charge is 2.17. The molecule has 0 aliphatic rings. The first-order chi connectivity index (χ1) is 9.89. The van der Waals surface area contributed by atoms with Crippen molar-refractivity contribution in [3.05, 3.63) is 41.8 Å². The molecular formula is C14H19NO5S. The van der Waals surface area contributed by atoms with Crippen LogP contribution in [0.3, 0.4) is 0 Å². The summed E-state index contributed by atoms with van der Waals surface area (Å²) in [5, 5.41) is 0. The topological polar surface area (TPSA) is 81.7 Å². The molecule has 1 rings (SSSR count). The Morgan fingerprint density at radius 3 is 2.24 bits per heavy atom. The van der Waals surface area contributed by atoms with Crippen LogP contribution in [0, 0.1) is 6.92 Å². The zero-order valence-electron chi connectivity index (χ0n) is 12.3. The molecule has 0 aromatic heterocycles. The minimum atomic E-state index is -3.81. The standard InChI is InChI=1S/C14H19NO5S/c1-4-19-13(10-14(16)20-5-2)15-21(17,18)12-8-6-11(3)7-9-12/h6-10,15H,4-5H2,1-3H3. The molecule has 0 saturated carbocycles. The molecule has 6 nitrogen and oxygen atoms in total. The average Bonchev–Trinajstić information content (AvgIpc) is 2.39. The lowest BCUT2D eigenvalue weighted by atomic mass is 10.2. The Morgan fingerprint density at radius 2 is 1.71 bits per heavy atom. The van der Waals surface area contributed by atoms with Gasteiger partial charge in [0.1, 0.15) is 0 Å². The highest BCUT2D eigenvalue weighted by atomic mass is 32.2. The van der Waals surface area contributed by atoms with E-state index < -0.39 is 16.0 Å². The lowest BCUT2D eigenvalue weighted by Gasteiger charge is -2.12. The van der Waals surface area contributed by atoms with Crippen molar-refractivity contribution < 1.29 is 22.7 Å². The van der Waals surface area contributed by atoms with Crippen LogP contribution in [0.1, 0.15) is 19.4 Å². The van der Waals surface area contributed by atoms with E-state index in [9.17, 15) is 13.2 Å². The highest BCUT2D eigenvalue weighted by molar-refractivity contribution is 7.89. The molecule has 0 spiro atoms. The van der Waals surface area contributed by atoms with Crippen molar-refractivity contribution in [2.75, 3.05) is 13.2 Å². The highest BCUT2D eigenvalue weighted by Crippen LogP contribution is 2.11. The number of ether oxygens (including phenoxy) is 2. The molecule has 0 aliphatic carbocycles. The van der Waals surface area contributed by atoms with E-state index in [1.165, 1.54) is 12.1 Å². The van der Waals surface area contributed by atoms with E-state index >= 15 is 0 Å². The summed E-state index contributed by atoms with van der Waals surface area (Å²) in [6.45, 7) is 5.60. The molecule has 0 heterocycles. The molecule has 1 aromatic carbocycles. The second-order valence-electron chi connectivity index (χ2n) is 4.11. The van der Waals surface area contributed by atoms with Crippen molar-refractivity contribution in [1.29, 1.82) is 0 Å². The lowest BCUT2D eigenvalue weighted by molar-refractivity contribution is -0.137. The van der Waals surface area contributed by atoms with Crippen LogP contribution in [0.4, 0.5) is 0 Å². The first-order valence-corrected chi connectivity index (χ1v) is 7.98. The molecule has 116 valence electrons. The van der Waals surface area contributed by atoms with Gasteiger partial charge in [-0.3, -0.25) is 0 Å². The van der Waals surface area contributed by atoms with E-state index in [2.05, 4.69) is 4.72 Å². The fourth-order valence-electron chi connectivity index (χ4n) is 1.46. The first kappa shape index (κ1) is 17.0. The number of aryl methyl sites for hydroxylation is 1. The molecule has 0 radical (unpaired) electrons. The smallest absolute Gasteiger partial charge is 0.336 e. The number of nitrogens with one attached hydrogen (secondary N) is 1. The summed E-state index contributed by atoms with van der Waals surface area (Å²) in [7, 11) is -3.81. The number of rotatable bonds is 7. The number of esters is 1. The molecule has 1 aromatic rings. The third-order valence-corrected chi connectivity index (χ3v) is 3.76. The van der Waals surface area contributed by atoms with Crippen molar-refractivity contribution in [2.24, 2.45) is 0 Å². The van der Waals surface area contributed by atoms with E-state index in [0.29, 0.717) is 0 Å². The van der Waals surface area contributed by atoms with Crippen LogP contribution < -0.4 is 4.72 Å². The largest absolute Gasteiger partial charge is 0.479 e. The molecule has 0 amide bonds. The zero-order chi connectivity index (χ0) is 15.9. The van der Waals surface area contributed by atoms with Gasteiger partial charge in [0.25, 0.3) is 10.0 Å². The van der Waals surface area contributed by atoms with Gasteiger partial charge in [-0.05, 0) is 32.9 Å². The minimum Gasteiger partial charge on any atom is -0.479 e. The van der Waals surface area contributed by atoms with Gasteiger partial charge in [-0.2, -0.15) is 0 Å². The maximum absolute atomic E-state index is 12.2. The van der Waals surface area contributed by atoms with Crippen molar-refractivity contribution in [1.82, 2.24) is 4.72 Å². The third kappa shape index (κ3) is 5.47. The number of sulfonamides is 1. The fraction of sp³-hybridized carbons (Fsp3) is 0.357. The van der Waals surface area contributed by atoms with Crippen molar-refractivity contribution in [3.63, 3.8) is 0 Å². The second kappa shape index (κ2) is 7.68. The number of hydrogen-bond acceptors (Lipinski definition) is 5. The van der Waals surface area contributed by atoms with E-state index in [1.807, 2.05) is 6.92 Å². The summed E-state index contributed by atoms with van der Waals surface area (Å²) in [6, 6.07) is 6.32. The Kier molecular flexibility index (Phi) is 6.23. The molecule has 7 heteroatoms. The number of hydrogen-bond donors (Lipinski definition) is 1. The minimum absolute atomic E-state index is 0.0857. The molecule has 0 unspecified atom stereocenters. The van der Waals surface area contributed by atoms with E-state index in [1.54, 1.807) is 26.0 Å². The predicted molar refractivity (Wildman–Crippen MR) is 77.8 cm³/mol. The number of benzene rings is 1. The van der Waals surface area contributed by atoms with Gasteiger partial charge in [-0.1, -0.05) is 17.7 Å². The Bertz CT molecular complexity index is 605. The average molecular weight is 313 g/mol. The van der Waals surface area contributed by atoms with Gasteiger partial charge in [0.05, 0.1) is 24.2 Å². The van der Waals surface area contributed by atoms with Gasteiger partial charge in [0.2, 0.25) is 5.88 Å². The van der Waals surface area contributed by atoms with Gasteiger partial charge < -0.3 is 9.47 Å². The van der Waals surface area contributed by atoms with Crippen LogP contribution in [-0.4, -0.2) is 27.6 Å². The maximum Gasteiger partial charge on any atom is 0.336 e. The Morgan fingerprint density at radius 1 is 1.14 bits per heavy atom. The summed E-state index contributed by atoms with van der Waals surface area (Å²) >= 11 is 0. The monoisotopic (exact) mass is 313 g/mol. The zero-order valence-corrected chi connectivity index (χ0v) is 13.1. The van der Waals surface area contributed by atoms with E-state index in [-0.39, 0.29) is 24.0 Å². The van der Waals surface area contributed by atoms with Crippen LogP contribution in [0.25, 0.3) is 0 Å². The van der Waals surface area contributed by atoms with Gasteiger partial charge in [0.15, 0.2) is 0 Å². The molecular weight excluding hydrogens is 294 g/mol. The molecule has 0 fully saturated rings. The summed E-state index contributed by atoms with van der Waals surface area (Å²) < 4.78 is 36.4. The molecule has 21 heavy (non-hydrogen) atoms. The molecule has 1 N–H and O–H groups in total. The first-order valence-electron chi connectivity index (χ1n) is 6.49.